The molecule has 1 aliphatic carbocycles. The molecule has 2 fully saturated rings. The highest BCUT2D eigenvalue weighted by Gasteiger charge is 2.51. The summed E-state index contributed by atoms with van der Waals surface area (Å²) in [4.78, 5) is 0. The highest BCUT2D eigenvalue weighted by atomic mass is 32.2. The summed E-state index contributed by atoms with van der Waals surface area (Å²) in [6, 6.07) is 0.432. The fourth-order valence-electron chi connectivity index (χ4n) is 2.26. The summed E-state index contributed by atoms with van der Waals surface area (Å²) in [6.45, 7) is 2.26. The minimum absolute atomic E-state index is 0.432. The molecule has 1 saturated heterocycles. The second-order valence-corrected chi connectivity index (χ2v) is 7.49. The van der Waals surface area contributed by atoms with E-state index in [0.29, 0.717) is 12.6 Å². The molecule has 2 rings (SSSR count). The van der Waals surface area contributed by atoms with Crippen molar-refractivity contribution in [1.29, 1.82) is 0 Å². The van der Waals surface area contributed by atoms with Gasteiger partial charge in [-0.1, -0.05) is 0 Å². The number of nitrogens with one attached hydrogen (secondary N) is 1. The molecule has 1 aliphatic heterocycles. The highest BCUT2D eigenvalue weighted by Crippen LogP contribution is 2.42. The molecule has 1 atom stereocenters. The first-order valence-corrected chi connectivity index (χ1v) is 7.93. The molecule has 4 nitrogen and oxygen atoms in total. The van der Waals surface area contributed by atoms with Gasteiger partial charge >= 0.3 is 0 Å². The van der Waals surface area contributed by atoms with Crippen LogP contribution in [0, 0.1) is 0 Å². The summed E-state index contributed by atoms with van der Waals surface area (Å²) in [5.41, 5.74) is 0. The fraction of sp³-hybridized carbons (Fsp3) is 1.00. The lowest BCUT2D eigenvalue weighted by Gasteiger charge is -2.20. The van der Waals surface area contributed by atoms with Gasteiger partial charge in [0.25, 0.3) is 0 Å². The predicted octanol–water partition coefficient (Wildman–Crippen LogP) is 0.722. The molecule has 5 heteroatoms. The topological polar surface area (TPSA) is 55.4 Å². The van der Waals surface area contributed by atoms with Crippen LogP contribution in [-0.4, -0.2) is 45.2 Å². The van der Waals surface area contributed by atoms with Gasteiger partial charge in [-0.15, -0.1) is 0 Å². The van der Waals surface area contributed by atoms with Gasteiger partial charge in [0.15, 0.2) is 9.84 Å². The third-order valence-electron chi connectivity index (χ3n) is 3.76. The van der Waals surface area contributed by atoms with Crippen molar-refractivity contribution in [3.05, 3.63) is 0 Å². The fourth-order valence-corrected chi connectivity index (χ4v) is 3.45. The SMILES string of the molecule is CS(=O)(=O)C1(CNC2CCCOCC2)CC1. The maximum Gasteiger partial charge on any atom is 0.154 e. The third-order valence-corrected chi connectivity index (χ3v) is 5.88. The maximum absolute atomic E-state index is 11.6. The summed E-state index contributed by atoms with van der Waals surface area (Å²) in [7, 11) is -2.89. The quantitative estimate of drug-likeness (QED) is 0.795. The molecular weight excluding hydrogens is 226 g/mol. The normalized spacial score (nSPS) is 29.7. The van der Waals surface area contributed by atoms with Gasteiger partial charge in [-0.2, -0.15) is 0 Å². The van der Waals surface area contributed by atoms with Gasteiger partial charge in [-0.25, -0.2) is 8.42 Å². The second kappa shape index (κ2) is 4.63. The van der Waals surface area contributed by atoms with Crippen LogP contribution in [0.2, 0.25) is 0 Å². The van der Waals surface area contributed by atoms with Gasteiger partial charge in [0, 0.05) is 32.1 Å². The number of hydrogen-bond acceptors (Lipinski definition) is 4. The molecule has 94 valence electrons. The zero-order valence-corrected chi connectivity index (χ0v) is 10.7. The standard InChI is InChI=1S/C11H21NO3S/c1-16(13,14)11(5-6-11)9-12-10-3-2-7-15-8-4-10/h10,12H,2-9H2,1H3. The van der Waals surface area contributed by atoms with Crippen molar-refractivity contribution in [2.45, 2.75) is 42.9 Å². The summed E-state index contributed by atoms with van der Waals surface area (Å²) in [5.74, 6) is 0. The van der Waals surface area contributed by atoms with Crippen molar-refractivity contribution in [2.75, 3.05) is 26.0 Å². The zero-order valence-electron chi connectivity index (χ0n) is 9.87. The Kier molecular flexibility index (Phi) is 3.56. The van der Waals surface area contributed by atoms with Crippen molar-refractivity contribution in [2.24, 2.45) is 0 Å². The van der Waals surface area contributed by atoms with E-state index in [4.69, 9.17) is 4.74 Å². The van der Waals surface area contributed by atoms with Crippen molar-refractivity contribution < 1.29 is 13.2 Å². The lowest BCUT2D eigenvalue weighted by atomic mass is 10.1. The molecule has 0 amide bonds. The molecule has 1 saturated carbocycles. The Morgan fingerprint density at radius 2 is 2.06 bits per heavy atom. The van der Waals surface area contributed by atoms with Crippen LogP contribution in [0.15, 0.2) is 0 Å². The van der Waals surface area contributed by atoms with E-state index in [1.54, 1.807) is 0 Å². The number of rotatable bonds is 4. The lowest BCUT2D eigenvalue weighted by molar-refractivity contribution is 0.142. The molecule has 0 aromatic heterocycles. The smallest absolute Gasteiger partial charge is 0.154 e. The Labute approximate surface area is 97.7 Å². The third kappa shape index (κ3) is 2.76. The molecule has 1 N–H and O–H groups in total. The molecule has 16 heavy (non-hydrogen) atoms. The summed E-state index contributed by atoms with van der Waals surface area (Å²) >= 11 is 0. The van der Waals surface area contributed by atoms with E-state index in [9.17, 15) is 8.42 Å². The van der Waals surface area contributed by atoms with E-state index < -0.39 is 14.6 Å². The van der Waals surface area contributed by atoms with Gasteiger partial charge < -0.3 is 10.1 Å². The first-order chi connectivity index (χ1) is 7.54. The van der Waals surface area contributed by atoms with Gasteiger partial charge in [0.05, 0.1) is 4.75 Å². The van der Waals surface area contributed by atoms with E-state index in [1.165, 1.54) is 6.26 Å². The molecule has 1 heterocycles. The summed E-state index contributed by atoms with van der Waals surface area (Å²) < 4.78 is 28.1. The van der Waals surface area contributed by atoms with Crippen LogP contribution in [-0.2, 0) is 14.6 Å². The van der Waals surface area contributed by atoms with Crippen LogP contribution in [0.25, 0.3) is 0 Å². The van der Waals surface area contributed by atoms with Crippen LogP contribution in [0.4, 0.5) is 0 Å². The molecule has 0 radical (unpaired) electrons. The Bertz CT molecular complexity index is 327. The minimum atomic E-state index is -2.89. The van der Waals surface area contributed by atoms with Gasteiger partial charge in [-0.3, -0.25) is 0 Å². The molecule has 0 spiro atoms. The molecular formula is C11H21NO3S. The minimum Gasteiger partial charge on any atom is -0.381 e. The number of sulfone groups is 1. The van der Waals surface area contributed by atoms with Crippen molar-refractivity contribution >= 4 is 9.84 Å². The maximum atomic E-state index is 11.6. The number of ether oxygens (including phenoxy) is 1. The van der Waals surface area contributed by atoms with Crippen molar-refractivity contribution in [3.8, 4) is 0 Å². The van der Waals surface area contributed by atoms with Gasteiger partial charge in [0.2, 0.25) is 0 Å². The zero-order chi connectivity index (χ0) is 11.6. The monoisotopic (exact) mass is 247 g/mol. The Morgan fingerprint density at radius 3 is 2.69 bits per heavy atom. The van der Waals surface area contributed by atoms with E-state index in [-0.39, 0.29) is 0 Å². The Morgan fingerprint density at radius 1 is 1.31 bits per heavy atom. The molecule has 2 aliphatic rings. The van der Waals surface area contributed by atoms with E-state index in [0.717, 1.165) is 45.3 Å². The summed E-state index contributed by atoms with van der Waals surface area (Å²) in [5, 5.41) is 3.41. The van der Waals surface area contributed by atoms with Crippen LogP contribution in [0.3, 0.4) is 0 Å². The molecule has 0 aromatic rings. The lowest BCUT2D eigenvalue weighted by Crippen LogP contribution is -2.40. The first kappa shape index (κ1) is 12.3. The van der Waals surface area contributed by atoms with Crippen molar-refractivity contribution in [3.63, 3.8) is 0 Å². The van der Waals surface area contributed by atoms with Gasteiger partial charge in [-0.05, 0) is 32.1 Å². The molecule has 1 unspecified atom stereocenters. The average molecular weight is 247 g/mol. The second-order valence-electron chi connectivity index (χ2n) is 5.08. The molecule has 0 aromatic carbocycles. The Hall–Kier alpha value is -0.130. The first-order valence-electron chi connectivity index (χ1n) is 6.04. The van der Waals surface area contributed by atoms with E-state index >= 15 is 0 Å². The highest BCUT2D eigenvalue weighted by molar-refractivity contribution is 7.92. The molecule has 0 bridgehead atoms. The summed E-state index contributed by atoms with van der Waals surface area (Å²) in [6.07, 6.45) is 6.17. The van der Waals surface area contributed by atoms with E-state index in [1.807, 2.05) is 0 Å². The van der Waals surface area contributed by atoms with Crippen LogP contribution in [0.1, 0.15) is 32.1 Å². The van der Waals surface area contributed by atoms with Crippen molar-refractivity contribution in [1.82, 2.24) is 5.32 Å². The predicted molar refractivity (Wildman–Crippen MR) is 63.3 cm³/mol. The average Bonchev–Trinajstić information content (AvgIpc) is 3.00. The van der Waals surface area contributed by atoms with Crippen LogP contribution < -0.4 is 5.32 Å². The van der Waals surface area contributed by atoms with E-state index in [2.05, 4.69) is 5.32 Å². The Balaban J connectivity index is 1.83. The number of hydrogen-bond donors (Lipinski definition) is 1. The van der Waals surface area contributed by atoms with Crippen LogP contribution in [0.5, 0.6) is 0 Å². The van der Waals surface area contributed by atoms with Crippen LogP contribution >= 0.6 is 0 Å². The van der Waals surface area contributed by atoms with Gasteiger partial charge in [0.1, 0.15) is 0 Å². The largest absolute Gasteiger partial charge is 0.381 e.